The maximum absolute atomic E-state index is 12.6. The van der Waals surface area contributed by atoms with E-state index in [1.165, 1.54) is 6.42 Å². The molecule has 2 atom stereocenters. The molecular weight excluding hydrogens is 304 g/mol. The lowest BCUT2D eigenvalue weighted by atomic mass is 9.96. The van der Waals surface area contributed by atoms with Gasteiger partial charge in [0.05, 0.1) is 5.69 Å². The predicted octanol–water partition coefficient (Wildman–Crippen LogP) is 2.84. The van der Waals surface area contributed by atoms with Gasteiger partial charge in [-0.25, -0.2) is 13.1 Å². The summed E-state index contributed by atoms with van der Waals surface area (Å²) in [4.78, 5) is 0.205. The van der Waals surface area contributed by atoms with Crippen molar-refractivity contribution in [3.05, 3.63) is 23.3 Å². The standard InChI is InChI=1S/C15H24N2O2S2/c1-10-7-14(16)15(8-11(10)2)21(18,19)17-12-5-4-6-13(9-12)20-3/h7-8,12-13,17H,4-6,9,16H2,1-3H3. The third kappa shape index (κ3) is 3.93. The fourth-order valence-electron chi connectivity index (χ4n) is 2.79. The van der Waals surface area contributed by atoms with E-state index in [-0.39, 0.29) is 10.9 Å². The van der Waals surface area contributed by atoms with Gasteiger partial charge in [-0.2, -0.15) is 11.8 Å². The molecule has 3 N–H and O–H groups in total. The van der Waals surface area contributed by atoms with Crippen LogP contribution in [-0.2, 0) is 10.0 Å². The van der Waals surface area contributed by atoms with Gasteiger partial charge < -0.3 is 5.73 Å². The molecular formula is C15H24N2O2S2. The van der Waals surface area contributed by atoms with Crippen LogP contribution in [0.15, 0.2) is 17.0 Å². The molecule has 21 heavy (non-hydrogen) atoms. The molecule has 0 spiro atoms. The van der Waals surface area contributed by atoms with E-state index in [4.69, 9.17) is 5.73 Å². The van der Waals surface area contributed by atoms with Gasteiger partial charge in [0.2, 0.25) is 10.0 Å². The monoisotopic (exact) mass is 328 g/mol. The number of anilines is 1. The first kappa shape index (κ1) is 16.6. The summed E-state index contributed by atoms with van der Waals surface area (Å²) in [5.41, 5.74) is 8.18. The van der Waals surface area contributed by atoms with Gasteiger partial charge >= 0.3 is 0 Å². The highest BCUT2D eigenvalue weighted by atomic mass is 32.2. The lowest BCUT2D eigenvalue weighted by molar-refractivity contribution is 0.421. The van der Waals surface area contributed by atoms with Gasteiger partial charge in [-0.3, -0.25) is 0 Å². The first-order chi connectivity index (χ1) is 9.83. The molecule has 2 rings (SSSR count). The Labute approximate surface area is 131 Å². The first-order valence-corrected chi connectivity index (χ1v) is 10.0. The molecule has 0 aromatic heterocycles. The Morgan fingerprint density at radius 1 is 1.24 bits per heavy atom. The molecule has 0 saturated heterocycles. The minimum Gasteiger partial charge on any atom is -0.398 e. The second-order valence-electron chi connectivity index (χ2n) is 5.82. The van der Waals surface area contributed by atoms with E-state index in [0.29, 0.717) is 10.9 Å². The molecule has 1 aliphatic rings. The van der Waals surface area contributed by atoms with Gasteiger partial charge in [-0.15, -0.1) is 0 Å². The molecule has 0 amide bonds. The zero-order chi connectivity index (χ0) is 15.6. The molecule has 4 nitrogen and oxygen atoms in total. The van der Waals surface area contributed by atoms with Crippen LogP contribution in [0.1, 0.15) is 36.8 Å². The summed E-state index contributed by atoms with van der Waals surface area (Å²) in [6.45, 7) is 3.83. The summed E-state index contributed by atoms with van der Waals surface area (Å²) >= 11 is 1.82. The molecule has 1 aromatic carbocycles. The average Bonchev–Trinajstić information content (AvgIpc) is 2.42. The number of nitrogens with one attached hydrogen (secondary N) is 1. The van der Waals surface area contributed by atoms with Crippen LogP contribution in [0.25, 0.3) is 0 Å². The van der Waals surface area contributed by atoms with Crippen molar-refractivity contribution < 1.29 is 8.42 Å². The molecule has 1 aliphatic carbocycles. The SMILES string of the molecule is CSC1CCCC(NS(=O)(=O)c2cc(C)c(C)cc2N)C1. The normalized spacial score (nSPS) is 23.2. The molecule has 118 valence electrons. The molecule has 0 heterocycles. The number of benzene rings is 1. The zero-order valence-electron chi connectivity index (χ0n) is 12.8. The van der Waals surface area contributed by atoms with E-state index in [1.54, 1.807) is 12.1 Å². The number of thioether (sulfide) groups is 1. The minimum atomic E-state index is -3.55. The predicted molar refractivity (Wildman–Crippen MR) is 90.2 cm³/mol. The van der Waals surface area contributed by atoms with Crippen molar-refractivity contribution in [2.75, 3.05) is 12.0 Å². The van der Waals surface area contributed by atoms with E-state index in [0.717, 1.165) is 30.4 Å². The van der Waals surface area contributed by atoms with Crippen molar-refractivity contribution in [1.29, 1.82) is 0 Å². The molecule has 0 aliphatic heterocycles. The smallest absolute Gasteiger partial charge is 0.242 e. The summed E-state index contributed by atoms with van der Waals surface area (Å²) in [6.07, 6.45) is 6.13. The Balaban J connectivity index is 2.20. The van der Waals surface area contributed by atoms with E-state index >= 15 is 0 Å². The van der Waals surface area contributed by atoms with Crippen LogP contribution in [0.3, 0.4) is 0 Å². The zero-order valence-corrected chi connectivity index (χ0v) is 14.5. The van der Waals surface area contributed by atoms with Gasteiger partial charge in [0.15, 0.2) is 0 Å². The number of sulfonamides is 1. The Morgan fingerprint density at radius 3 is 2.57 bits per heavy atom. The van der Waals surface area contributed by atoms with Crippen LogP contribution in [0, 0.1) is 13.8 Å². The molecule has 0 radical (unpaired) electrons. The third-order valence-electron chi connectivity index (χ3n) is 4.20. The highest BCUT2D eigenvalue weighted by molar-refractivity contribution is 7.99. The average molecular weight is 329 g/mol. The molecule has 6 heteroatoms. The van der Waals surface area contributed by atoms with E-state index < -0.39 is 10.0 Å². The fraction of sp³-hybridized carbons (Fsp3) is 0.600. The van der Waals surface area contributed by atoms with Crippen molar-refractivity contribution >= 4 is 27.5 Å². The largest absolute Gasteiger partial charge is 0.398 e. The summed E-state index contributed by atoms with van der Waals surface area (Å²) < 4.78 is 28.0. The van der Waals surface area contributed by atoms with Gasteiger partial charge in [0.25, 0.3) is 0 Å². The van der Waals surface area contributed by atoms with Crippen LogP contribution in [-0.4, -0.2) is 26.0 Å². The lowest BCUT2D eigenvalue weighted by Gasteiger charge is -2.28. The highest BCUT2D eigenvalue weighted by Gasteiger charge is 2.27. The second kappa shape index (κ2) is 6.58. The molecule has 1 fully saturated rings. The van der Waals surface area contributed by atoms with Crippen molar-refractivity contribution in [3.63, 3.8) is 0 Å². The Kier molecular flexibility index (Phi) is 5.22. The quantitative estimate of drug-likeness (QED) is 0.834. The topological polar surface area (TPSA) is 72.2 Å². The number of hydrogen-bond acceptors (Lipinski definition) is 4. The molecule has 0 bridgehead atoms. The van der Waals surface area contributed by atoms with Gasteiger partial charge in [-0.05, 0) is 62.6 Å². The number of nitrogen functional groups attached to an aromatic ring is 1. The van der Waals surface area contributed by atoms with Crippen molar-refractivity contribution in [2.45, 2.75) is 55.7 Å². The van der Waals surface area contributed by atoms with Gasteiger partial charge in [0.1, 0.15) is 4.90 Å². The van der Waals surface area contributed by atoms with Crippen LogP contribution in [0.2, 0.25) is 0 Å². The number of hydrogen-bond donors (Lipinski definition) is 2. The van der Waals surface area contributed by atoms with Gasteiger partial charge in [-0.1, -0.05) is 6.42 Å². The van der Waals surface area contributed by atoms with Crippen molar-refractivity contribution in [1.82, 2.24) is 4.72 Å². The summed E-state index contributed by atoms with van der Waals surface area (Å²) in [5.74, 6) is 0. The first-order valence-electron chi connectivity index (χ1n) is 7.25. The summed E-state index contributed by atoms with van der Waals surface area (Å²) in [6, 6.07) is 3.42. The Hall–Kier alpha value is -0.720. The highest BCUT2D eigenvalue weighted by Crippen LogP contribution is 2.29. The number of nitrogens with two attached hydrogens (primary N) is 1. The number of aryl methyl sites for hydroxylation is 2. The molecule has 2 unspecified atom stereocenters. The second-order valence-corrected chi connectivity index (χ2v) is 8.64. The molecule has 1 aromatic rings. The van der Waals surface area contributed by atoms with Gasteiger partial charge in [0, 0.05) is 11.3 Å². The number of rotatable bonds is 4. The van der Waals surface area contributed by atoms with E-state index in [9.17, 15) is 8.42 Å². The van der Waals surface area contributed by atoms with Crippen molar-refractivity contribution in [3.8, 4) is 0 Å². The van der Waals surface area contributed by atoms with Crippen LogP contribution in [0.4, 0.5) is 5.69 Å². The Bertz CT molecular complexity index is 614. The molecule has 1 saturated carbocycles. The third-order valence-corrected chi connectivity index (χ3v) is 6.87. The van der Waals surface area contributed by atoms with Crippen LogP contribution >= 0.6 is 11.8 Å². The fourth-order valence-corrected chi connectivity index (χ4v) is 5.10. The summed E-state index contributed by atoms with van der Waals surface area (Å²) in [7, 11) is -3.55. The lowest BCUT2D eigenvalue weighted by Crippen LogP contribution is -2.39. The van der Waals surface area contributed by atoms with E-state index in [1.807, 2.05) is 25.6 Å². The van der Waals surface area contributed by atoms with E-state index in [2.05, 4.69) is 11.0 Å². The minimum absolute atomic E-state index is 0.0159. The van der Waals surface area contributed by atoms with Crippen LogP contribution in [0.5, 0.6) is 0 Å². The maximum Gasteiger partial charge on any atom is 0.242 e. The van der Waals surface area contributed by atoms with Crippen LogP contribution < -0.4 is 10.5 Å². The maximum atomic E-state index is 12.6. The van der Waals surface area contributed by atoms with Crippen molar-refractivity contribution in [2.24, 2.45) is 0 Å². The summed E-state index contributed by atoms with van der Waals surface area (Å²) in [5, 5.41) is 0.545. The Morgan fingerprint density at radius 2 is 1.90 bits per heavy atom.